The second-order valence-electron chi connectivity index (χ2n) is 5.03. The number of methoxy groups -OCH3 is 1. The van der Waals surface area contributed by atoms with E-state index in [2.05, 4.69) is 15.3 Å². The van der Waals surface area contributed by atoms with Crippen LogP contribution in [0.5, 0.6) is 0 Å². The van der Waals surface area contributed by atoms with Crippen molar-refractivity contribution in [3.63, 3.8) is 0 Å². The van der Waals surface area contributed by atoms with Gasteiger partial charge in [-0.2, -0.15) is 5.10 Å². The molecule has 0 unspecified atom stereocenters. The first kappa shape index (κ1) is 18.5. The Hall–Kier alpha value is -3.82. The molecule has 0 amide bonds. The van der Waals surface area contributed by atoms with Crippen LogP contribution in [0.4, 0.5) is 17.1 Å². The van der Waals surface area contributed by atoms with Crippen LogP contribution < -0.4 is 5.43 Å². The van der Waals surface area contributed by atoms with Gasteiger partial charge in [0.2, 0.25) is 0 Å². The summed E-state index contributed by atoms with van der Waals surface area (Å²) < 4.78 is 4.60. The van der Waals surface area contributed by atoms with Crippen molar-refractivity contribution in [1.29, 1.82) is 0 Å². The van der Waals surface area contributed by atoms with E-state index in [1.807, 2.05) is 0 Å². The van der Waals surface area contributed by atoms with Crippen molar-refractivity contribution in [2.45, 2.75) is 6.42 Å². The van der Waals surface area contributed by atoms with Gasteiger partial charge < -0.3 is 4.74 Å². The number of nitrogens with one attached hydrogen (secondary N) is 1. The topological polar surface area (TPSA) is 137 Å². The number of hydrogen-bond donors (Lipinski definition) is 1. The molecule has 10 heteroatoms. The van der Waals surface area contributed by atoms with Crippen molar-refractivity contribution in [2.24, 2.45) is 5.10 Å². The average molecular weight is 358 g/mol. The van der Waals surface area contributed by atoms with Gasteiger partial charge in [0.05, 0.1) is 28.6 Å². The van der Waals surface area contributed by atoms with Crippen LogP contribution in [0.1, 0.15) is 15.9 Å². The molecule has 0 aliphatic rings. The zero-order valence-electron chi connectivity index (χ0n) is 13.6. The first-order valence-corrected chi connectivity index (χ1v) is 7.30. The first-order chi connectivity index (χ1) is 12.4. The predicted molar refractivity (Wildman–Crippen MR) is 93.4 cm³/mol. The number of carbonyl (C=O) groups excluding carboxylic acids is 1. The summed E-state index contributed by atoms with van der Waals surface area (Å²) in [7, 11) is 1.30. The summed E-state index contributed by atoms with van der Waals surface area (Å²) in [4.78, 5) is 31.6. The molecule has 1 N–H and O–H groups in total. The van der Waals surface area contributed by atoms with E-state index in [4.69, 9.17) is 0 Å². The average Bonchev–Trinajstić information content (AvgIpc) is 2.64. The molecule has 10 nitrogen and oxygen atoms in total. The van der Waals surface area contributed by atoms with Crippen molar-refractivity contribution in [2.75, 3.05) is 12.5 Å². The van der Waals surface area contributed by atoms with Crippen molar-refractivity contribution in [3.05, 3.63) is 73.8 Å². The Morgan fingerprint density at radius 3 is 2.42 bits per heavy atom. The Bertz CT molecular complexity index is 864. The van der Waals surface area contributed by atoms with E-state index in [0.29, 0.717) is 12.0 Å². The molecule has 0 aliphatic carbocycles. The number of nitrogens with zero attached hydrogens (tertiary/aromatic N) is 3. The zero-order chi connectivity index (χ0) is 19.1. The number of ether oxygens (including phenoxy) is 1. The van der Waals surface area contributed by atoms with Crippen molar-refractivity contribution in [3.8, 4) is 0 Å². The minimum atomic E-state index is -0.726. The Morgan fingerprint density at radius 1 is 1.15 bits per heavy atom. The molecule has 0 saturated heterocycles. The number of hydrogen-bond acceptors (Lipinski definition) is 8. The highest BCUT2D eigenvalue weighted by molar-refractivity contribution is 5.89. The predicted octanol–water partition coefficient (Wildman–Crippen LogP) is 2.93. The molecule has 2 aromatic rings. The van der Waals surface area contributed by atoms with Crippen LogP contribution in [0.3, 0.4) is 0 Å². The van der Waals surface area contributed by atoms with E-state index in [9.17, 15) is 25.0 Å². The lowest BCUT2D eigenvalue weighted by Crippen LogP contribution is -2.01. The summed E-state index contributed by atoms with van der Waals surface area (Å²) in [5.41, 5.74) is 3.00. The lowest BCUT2D eigenvalue weighted by Gasteiger charge is -2.02. The number of nitro groups is 2. The highest BCUT2D eigenvalue weighted by atomic mass is 16.6. The number of hydrazone groups is 1. The third-order valence-electron chi connectivity index (χ3n) is 3.37. The highest BCUT2D eigenvalue weighted by Crippen LogP contribution is 2.28. The third-order valence-corrected chi connectivity index (χ3v) is 3.37. The summed E-state index contributed by atoms with van der Waals surface area (Å²) >= 11 is 0. The summed E-state index contributed by atoms with van der Waals surface area (Å²) in [6, 6.07) is 9.92. The maximum atomic E-state index is 11.3. The van der Waals surface area contributed by atoms with Crippen LogP contribution in [0, 0.1) is 20.2 Å². The molecule has 26 heavy (non-hydrogen) atoms. The van der Waals surface area contributed by atoms with E-state index in [1.165, 1.54) is 19.4 Å². The molecule has 2 aromatic carbocycles. The van der Waals surface area contributed by atoms with Gasteiger partial charge in [-0.3, -0.25) is 25.7 Å². The molecule has 0 saturated carbocycles. The number of benzene rings is 2. The van der Waals surface area contributed by atoms with E-state index in [0.717, 1.165) is 17.7 Å². The minimum Gasteiger partial charge on any atom is -0.465 e. The van der Waals surface area contributed by atoms with Gasteiger partial charge in [-0.15, -0.1) is 0 Å². The molecule has 0 heterocycles. The second-order valence-corrected chi connectivity index (χ2v) is 5.03. The lowest BCUT2D eigenvalue weighted by atomic mass is 10.1. The summed E-state index contributed by atoms with van der Waals surface area (Å²) in [6.07, 6.45) is 1.90. The fourth-order valence-corrected chi connectivity index (χ4v) is 2.04. The number of non-ortho nitro benzene ring substituents is 1. The third kappa shape index (κ3) is 4.60. The molecule has 0 aliphatic heterocycles. The molecule has 2 rings (SSSR count). The quantitative estimate of drug-likeness (QED) is 0.347. The number of rotatable bonds is 7. The maximum absolute atomic E-state index is 11.3. The molecular weight excluding hydrogens is 344 g/mol. The SMILES string of the molecule is COC(=O)c1ccc(C/C=N/Nc2ccc([N+](=O)[O-])cc2[N+](=O)[O-])cc1. The van der Waals surface area contributed by atoms with Crippen LogP contribution in [0.15, 0.2) is 47.6 Å². The molecule has 0 aromatic heterocycles. The molecule has 0 atom stereocenters. The zero-order valence-corrected chi connectivity index (χ0v) is 13.6. The highest BCUT2D eigenvalue weighted by Gasteiger charge is 2.18. The second kappa shape index (κ2) is 8.33. The van der Waals surface area contributed by atoms with Crippen LogP contribution >= 0.6 is 0 Å². The Labute approximate surface area is 147 Å². The first-order valence-electron chi connectivity index (χ1n) is 7.30. The number of anilines is 1. The van der Waals surface area contributed by atoms with Crippen molar-refractivity contribution in [1.82, 2.24) is 0 Å². The number of nitro benzene ring substituents is 2. The van der Waals surface area contributed by atoms with Crippen LogP contribution in [0.2, 0.25) is 0 Å². The normalized spacial score (nSPS) is 10.5. The lowest BCUT2D eigenvalue weighted by molar-refractivity contribution is -0.393. The van der Waals surface area contributed by atoms with E-state index >= 15 is 0 Å². The van der Waals surface area contributed by atoms with Gasteiger partial charge in [-0.1, -0.05) is 12.1 Å². The number of carbonyl (C=O) groups is 1. The van der Waals surface area contributed by atoms with Gasteiger partial charge in [0, 0.05) is 18.7 Å². The Balaban J connectivity index is 2.03. The van der Waals surface area contributed by atoms with Gasteiger partial charge in [0.15, 0.2) is 0 Å². The summed E-state index contributed by atoms with van der Waals surface area (Å²) in [5, 5.41) is 25.6. The van der Waals surface area contributed by atoms with E-state index < -0.39 is 21.5 Å². The van der Waals surface area contributed by atoms with Gasteiger partial charge in [0.1, 0.15) is 5.69 Å². The molecule has 134 valence electrons. The van der Waals surface area contributed by atoms with Crippen molar-refractivity contribution >= 4 is 29.2 Å². The van der Waals surface area contributed by atoms with Crippen LogP contribution in [-0.2, 0) is 11.2 Å². The fourth-order valence-electron chi connectivity index (χ4n) is 2.04. The molecule has 0 bridgehead atoms. The Kier molecular flexibility index (Phi) is 5.93. The largest absolute Gasteiger partial charge is 0.465 e. The van der Waals surface area contributed by atoms with E-state index in [1.54, 1.807) is 24.3 Å². The van der Waals surface area contributed by atoms with Gasteiger partial charge in [0.25, 0.3) is 5.69 Å². The minimum absolute atomic E-state index is 0.0397. The fraction of sp³-hybridized carbons (Fsp3) is 0.125. The van der Waals surface area contributed by atoms with Gasteiger partial charge >= 0.3 is 11.7 Å². The van der Waals surface area contributed by atoms with Gasteiger partial charge in [-0.05, 0) is 23.8 Å². The summed E-state index contributed by atoms with van der Waals surface area (Å²) in [6.45, 7) is 0. The molecule has 0 spiro atoms. The molecule has 0 radical (unpaired) electrons. The van der Waals surface area contributed by atoms with E-state index in [-0.39, 0.29) is 11.4 Å². The van der Waals surface area contributed by atoms with Crippen LogP contribution in [-0.4, -0.2) is 29.1 Å². The Morgan fingerprint density at radius 2 is 1.85 bits per heavy atom. The summed E-state index contributed by atoms with van der Waals surface area (Å²) in [5.74, 6) is -0.433. The molecule has 0 fully saturated rings. The maximum Gasteiger partial charge on any atom is 0.337 e. The molecular formula is C16H14N4O6. The van der Waals surface area contributed by atoms with Crippen LogP contribution in [0.25, 0.3) is 0 Å². The monoisotopic (exact) mass is 358 g/mol. The van der Waals surface area contributed by atoms with Gasteiger partial charge in [-0.25, -0.2) is 4.79 Å². The van der Waals surface area contributed by atoms with Crippen molar-refractivity contribution < 1.29 is 19.4 Å². The smallest absolute Gasteiger partial charge is 0.337 e. The standard InChI is InChI=1S/C16H14N4O6/c1-26-16(21)12-4-2-11(3-5-12)8-9-17-18-14-7-6-13(19(22)23)10-15(14)20(24)25/h2-7,9-10,18H,8H2,1H3/b17-9+. The number of esters is 1.